The average molecular weight is 471 g/mol. The van der Waals surface area contributed by atoms with E-state index < -0.39 is 18.0 Å². The van der Waals surface area contributed by atoms with Gasteiger partial charge in [-0.2, -0.15) is 4.99 Å². The maximum Gasteiger partial charge on any atom is 0.407 e. The van der Waals surface area contributed by atoms with E-state index in [0.717, 1.165) is 6.42 Å². The molecule has 0 fully saturated rings. The Labute approximate surface area is 198 Å². The van der Waals surface area contributed by atoms with Crippen LogP contribution < -0.4 is 10.6 Å². The van der Waals surface area contributed by atoms with Crippen molar-refractivity contribution in [3.8, 4) is 11.8 Å². The number of hydrogen-bond acceptors (Lipinski definition) is 6. The lowest BCUT2D eigenvalue weighted by Crippen LogP contribution is -2.43. The Kier molecular flexibility index (Phi) is 14.7. The van der Waals surface area contributed by atoms with Crippen LogP contribution in [0.2, 0.25) is 0 Å². The van der Waals surface area contributed by atoms with Gasteiger partial charge in [-0.05, 0) is 78.1 Å². The van der Waals surface area contributed by atoms with Crippen LogP contribution in [-0.4, -0.2) is 55.8 Å². The number of allylic oxidation sites excluding steroid dienone is 1. The summed E-state index contributed by atoms with van der Waals surface area (Å²) in [5.74, 6) is 6.74. The molecule has 2 N–H and O–H groups in total. The zero-order chi connectivity index (χ0) is 24.7. The Morgan fingerprint density at radius 1 is 1.19 bits per heavy atom. The van der Waals surface area contributed by atoms with Crippen LogP contribution in [0.4, 0.5) is 4.79 Å². The highest BCUT2D eigenvalue weighted by atomic mass is 35.5. The summed E-state index contributed by atoms with van der Waals surface area (Å²) < 4.78 is 16.3. The van der Waals surface area contributed by atoms with E-state index in [1.807, 2.05) is 34.6 Å². The summed E-state index contributed by atoms with van der Waals surface area (Å²) in [6, 6.07) is -0.151. The van der Waals surface area contributed by atoms with Crippen LogP contribution in [0.15, 0.2) is 21.4 Å². The lowest BCUT2D eigenvalue weighted by Gasteiger charge is -2.24. The maximum atomic E-state index is 12.1. The van der Waals surface area contributed by atoms with Gasteiger partial charge in [-0.1, -0.05) is 19.8 Å². The van der Waals surface area contributed by atoms with Crippen molar-refractivity contribution in [3.05, 3.63) is 11.4 Å². The molecule has 0 saturated heterocycles. The quantitative estimate of drug-likeness (QED) is 0.153. The van der Waals surface area contributed by atoms with Crippen molar-refractivity contribution in [1.82, 2.24) is 10.6 Å². The third-order valence-electron chi connectivity index (χ3n) is 3.69. The molecule has 0 radical (unpaired) electrons. The topological polar surface area (TPSA) is 93.5 Å². The Balaban J connectivity index is 5.73. The molecule has 0 aromatic carbocycles. The molecular weight excluding hydrogens is 432 g/mol. The summed E-state index contributed by atoms with van der Waals surface area (Å²) in [7, 11) is 0. The number of amides is 1. The summed E-state index contributed by atoms with van der Waals surface area (Å²) in [6.07, 6.45) is -0.367. The fourth-order valence-electron chi connectivity index (χ4n) is 2.49. The molecule has 0 aliphatic carbocycles. The predicted molar refractivity (Wildman–Crippen MR) is 131 cm³/mol. The molecule has 0 saturated carbocycles. The number of ether oxygens (including phenoxy) is 3. The molecule has 8 nitrogen and oxygen atoms in total. The van der Waals surface area contributed by atoms with Crippen molar-refractivity contribution in [2.24, 2.45) is 15.9 Å². The minimum Gasteiger partial charge on any atom is -0.444 e. The van der Waals surface area contributed by atoms with Crippen LogP contribution in [0.25, 0.3) is 0 Å². The minimum absolute atomic E-state index is 0.0248. The minimum atomic E-state index is -0.640. The first-order chi connectivity index (χ1) is 14.9. The van der Waals surface area contributed by atoms with Crippen LogP contribution in [0.3, 0.4) is 0 Å². The van der Waals surface area contributed by atoms with Crippen molar-refractivity contribution in [2.75, 3.05) is 19.8 Å². The van der Waals surface area contributed by atoms with E-state index in [2.05, 4.69) is 53.0 Å². The number of carbonyl (C=O) groups excluding carboxylic acids is 1. The molecule has 9 heteroatoms. The molecule has 1 unspecified atom stereocenters. The Morgan fingerprint density at radius 2 is 1.78 bits per heavy atom. The third-order valence-corrected chi connectivity index (χ3v) is 3.90. The summed E-state index contributed by atoms with van der Waals surface area (Å²) in [5.41, 5.74) is 0.0372. The van der Waals surface area contributed by atoms with E-state index in [4.69, 9.17) is 25.8 Å². The number of carbonyl (C=O) groups is 1. The van der Waals surface area contributed by atoms with Gasteiger partial charge in [-0.3, -0.25) is 0 Å². The molecule has 32 heavy (non-hydrogen) atoms. The molecule has 1 amide bonds. The first-order valence-electron chi connectivity index (χ1n) is 10.8. The highest BCUT2D eigenvalue weighted by Crippen LogP contribution is 2.12. The van der Waals surface area contributed by atoms with Crippen LogP contribution in [0, 0.1) is 17.8 Å². The van der Waals surface area contributed by atoms with Crippen LogP contribution in [0.1, 0.15) is 61.8 Å². The van der Waals surface area contributed by atoms with Gasteiger partial charge < -0.3 is 24.8 Å². The van der Waals surface area contributed by atoms with E-state index >= 15 is 0 Å². The van der Waals surface area contributed by atoms with Crippen molar-refractivity contribution in [2.45, 2.75) is 79.7 Å². The molecule has 0 heterocycles. The number of halogens is 1. The first-order valence-corrected chi connectivity index (χ1v) is 11.2. The number of amidine groups is 1. The summed E-state index contributed by atoms with van der Waals surface area (Å²) in [6.45, 7) is 19.9. The molecule has 0 aliphatic heterocycles. The second-order valence-electron chi connectivity index (χ2n) is 8.38. The molecule has 1 atom stereocenters. The maximum absolute atomic E-state index is 12.1. The summed E-state index contributed by atoms with van der Waals surface area (Å²) in [4.78, 5) is 20.0. The Hall–Kier alpha value is -2.08. The number of aliphatic imine (C=N–C) groups is 2. The Bertz CT molecular complexity index is 712. The van der Waals surface area contributed by atoms with Crippen molar-refractivity contribution in [1.29, 1.82) is 0 Å². The molecule has 0 aliphatic rings. The van der Waals surface area contributed by atoms with Gasteiger partial charge in [-0.15, -0.1) is 0 Å². The normalized spacial score (nSPS) is 13.8. The molecule has 0 aromatic rings. The first kappa shape index (κ1) is 29.9. The zero-order valence-electron chi connectivity index (χ0n) is 20.7. The lowest BCUT2D eigenvalue weighted by molar-refractivity contribution is -0.0970. The Morgan fingerprint density at radius 3 is 2.25 bits per heavy atom. The zero-order valence-corrected chi connectivity index (χ0v) is 21.4. The fraction of sp³-hybridized carbons (Fsp3) is 0.696. The van der Waals surface area contributed by atoms with Gasteiger partial charge in [-0.25, -0.2) is 9.79 Å². The monoisotopic (exact) mass is 470 g/mol. The number of alkyl carbamates (subject to hydrolysis) is 1. The molecule has 0 bridgehead atoms. The second kappa shape index (κ2) is 15.7. The number of hydrogen-bond donors (Lipinski definition) is 2. The van der Waals surface area contributed by atoms with Gasteiger partial charge in [0.15, 0.2) is 0 Å². The summed E-state index contributed by atoms with van der Waals surface area (Å²) >= 11 is 6.01. The van der Waals surface area contributed by atoms with Crippen molar-refractivity contribution >= 4 is 29.7 Å². The second-order valence-corrected chi connectivity index (χ2v) is 8.72. The van der Waals surface area contributed by atoms with Crippen LogP contribution in [0.5, 0.6) is 0 Å². The highest BCUT2D eigenvalue weighted by Gasteiger charge is 2.19. The van der Waals surface area contributed by atoms with Gasteiger partial charge in [0.1, 0.15) is 11.4 Å². The molecule has 0 spiro atoms. The summed E-state index contributed by atoms with van der Waals surface area (Å²) in [5, 5.41) is 6.10. The highest BCUT2D eigenvalue weighted by molar-refractivity contribution is 6.65. The standard InChI is InChI=1S/C23H39ClN4O4/c1-10-30-19(31-11-2)13-12-17(5)20(28-21(24)25-9)27-18(14-16(3)4)15-26-22(29)32-23(6,7)8/h16,18-19,27H,9-11,14-15H2,1-8H3,(H,26,29)/b20-17+,28-21?. The van der Waals surface area contributed by atoms with Gasteiger partial charge >= 0.3 is 6.09 Å². The van der Waals surface area contributed by atoms with Gasteiger partial charge in [0.05, 0.1) is 0 Å². The average Bonchev–Trinajstić information content (AvgIpc) is 2.67. The largest absolute Gasteiger partial charge is 0.444 e. The van der Waals surface area contributed by atoms with Gasteiger partial charge in [0, 0.05) is 31.4 Å². The van der Waals surface area contributed by atoms with Gasteiger partial charge in [0.25, 0.3) is 0 Å². The van der Waals surface area contributed by atoms with Crippen molar-refractivity contribution in [3.63, 3.8) is 0 Å². The van der Waals surface area contributed by atoms with E-state index in [1.165, 1.54) is 0 Å². The number of nitrogens with zero attached hydrogens (tertiary/aromatic N) is 2. The van der Waals surface area contributed by atoms with E-state index in [-0.39, 0.29) is 11.3 Å². The lowest BCUT2D eigenvalue weighted by atomic mass is 10.0. The fourth-order valence-corrected chi connectivity index (χ4v) is 2.57. The number of rotatable bonds is 11. The van der Waals surface area contributed by atoms with Crippen molar-refractivity contribution < 1.29 is 19.0 Å². The predicted octanol–water partition coefficient (Wildman–Crippen LogP) is 4.44. The van der Waals surface area contributed by atoms with Crippen LogP contribution in [-0.2, 0) is 14.2 Å². The molecule has 0 rings (SSSR count). The van der Waals surface area contributed by atoms with E-state index in [0.29, 0.717) is 37.1 Å². The van der Waals surface area contributed by atoms with Gasteiger partial charge in [0.2, 0.25) is 11.6 Å². The molecular formula is C23H39ClN4O4. The van der Waals surface area contributed by atoms with E-state index in [9.17, 15) is 4.79 Å². The SMILES string of the molecule is C=NC(Cl)=N/C(NC(CNC(=O)OC(C)(C)C)CC(C)C)=C(\C)C#CC(OCC)OCC. The smallest absolute Gasteiger partial charge is 0.407 e. The molecule has 182 valence electrons. The van der Waals surface area contributed by atoms with E-state index in [1.54, 1.807) is 6.92 Å². The third kappa shape index (κ3) is 14.8. The van der Waals surface area contributed by atoms with Crippen LogP contribution >= 0.6 is 11.6 Å². The number of nitrogens with one attached hydrogen (secondary N) is 2. The molecule has 0 aromatic heterocycles.